The number of nitrogens with one attached hydrogen (secondary N) is 1. The summed E-state index contributed by atoms with van der Waals surface area (Å²) in [6, 6.07) is 19.4. The van der Waals surface area contributed by atoms with Crippen LogP contribution in [0.2, 0.25) is 10.0 Å². The fourth-order valence-electron chi connectivity index (χ4n) is 2.96. The number of thioether (sulfide) groups is 1. The van der Waals surface area contributed by atoms with Gasteiger partial charge < -0.3 is 10.1 Å². The highest BCUT2D eigenvalue weighted by molar-refractivity contribution is 7.98. The van der Waals surface area contributed by atoms with E-state index in [1.165, 1.54) is 0 Å². The van der Waals surface area contributed by atoms with Crippen molar-refractivity contribution in [1.82, 2.24) is 5.32 Å². The van der Waals surface area contributed by atoms with Gasteiger partial charge >= 0.3 is 0 Å². The Morgan fingerprint density at radius 1 is 1.10 bits per heavy atom. The third kappa shape index (κ3) is 6.05. The van der Waals surface area contributed by atoms with E-state index in [0.29, 0.717) is 23.0 Å². The summed E-state index contributed by atoms with van der Waals surface area (Å²) in [5.41, 5.74) is 1.04. The molecule has 6 heteroatoms. The first-order chi connectivity index (χ1) is 14.1. The lowest BCUT2D eigenvalue weighted by Gasteiger charge is -2.18. The molecule has 0 saturated carbocycles. The Hall–Kier alpha value is -1.88. The van der Waals surface area contributed by atoms with E-state index in [-0.39, 0.29) is 5.91 Å². The van der Waals surface area contributed by atoms with E-state index in [1.54, 1.807) is 17.8 Å². The first kappa shape index (κ1) is 21.8. The molecule has 3 aromatic carbocycles. The maximum Gasteiger partial charge on any atom is 0.261 e. The summed E-state index contributed by atoms with van der Waals surface area (Å²) in [6.45, 7) is 2.52. The molecule has 152 valence electrons. The van der Waals surface area contributed by atoms with Gasteiger partial charge in [0.25, 0.3) is 5.91 Å². The van der Waals surface area contributed by atoms with Gasteiger partial charge in [-0.15, -0.1) is 0 Å². The summed E-state index contributed by atoms with van der Waals surface area (Å²) in [7, 11) is 0. The second-order valence-electron chi connectivity index (χ2n) is 6.57. The van der Waals surface area contributed by atoms with Crippen LogP contribution in [0.5, 0.6) is 5.75 Å². The largest absolute Gasteiger partial charge is 0.480 e. The van der Waals surface area contributed by atoms with Gasteiger partial charge in [0.15, 0.2) is 6.10 Å². The fraction of sp³-hybridized carbons (Fsp3) is 0.261. The SMILES string of the molecule is CC[C@H](Oc1cccc2ccccc12)C(=O)NCCSCc1ccc(Cl)cc1Cl. The monoisotopic (exact) mass is 447 g/mol. The van der Waals surface area contributed by atoms with Gasteiger partial charge in [-0.3, -0.25) is 4.79 Å². The van der Waals surface area contributed by atoms with Crippen LogP contribution in [0.3, 0.4) is 0 Å². The summed E-state index contributed by atoms with van der Waals surface area (Å²) in [5.74, 6) is 2.20. The smallest absolute Gasteiger partial charge is 0.261 e. The van der Waals surface area contributed by atoms with Crippen LogP contribution in [0.25, 0.3) is 10.8 Å². The maximum atomic E-state index is 12.6. The second kappa shape index (κ2) is 10.8. The average Bonchev–Trinajstić information content (AvgIpc) is 2.73. The number of benzene rings is 3. The van der Waals surface area contributed by atoms with Crippen molar-refractivity contribution in [2.45, 2.75) is 25.2 Å². The van der Waals surface area contributed by atoms with E-state index in [0.717, 1.165) is 33.6 Å². The molecule has 3 aromatic rings. The quantitative estimate of drug-likeness (QED) is 0.388. The molecular formula is C23H23Cl2NO2S. The zero-order valence-corrected chi connectivity index (χ0v) is 18.5. The molecular weight excluding hydrogens is 425 g/mol. The molecule has 1 amide bonds. The number of carbonyl (C=O) groups excluding carboxylic acids is 1. The zero-order valence-electron chi connectivity index (χ0n) is 16.2. The van der Waals surface area contributed by atoms with E-state index >= 15 is 0 Å². The number of fused-ring (bicyclic) bond motifs is 1. The molecule has 0 radical (unpaired) electrons. The number of carbonyl (C=O) groups is 1. The lowest BCUT2D eigenvalue weighted by Crippen LogP contribution is -2.39. The maximum absolute atomic E-state index is 12.6. The number of ether oxygens (including phenoxy) is 1. The number of hydrogen-bond donors (Lipinski definition) is 1. The van der Waals surface area contributed by atoms with Gasteiger partial charge in [0, 0.05) is 33.5 Å². The highest BCUT2D eigenvalue weighted by atomic mass is 35.5. The van der Waals surface area contributed by atoms with Crippen molar-refractivity contribution in [2.75, 3.05) is 12.3 Å². The normalized spacial score (nSPS) is 12.0. The number of halogens is 2. The molecule has 3 nitrogen and oxygen atoms in total. The van der Waals surface area contributed by atoms with Crippen LogP contribution in [0.1, 0.15) is 18.9 Å². The van der Waals surface area contributed by atoms with Crippen molar-refractivity contribution in [3.8, 4) is 5.75 Å². The van der Waals surface area contributed by atoms with Crippen molar-refractivity contribution in [3.05, 3.63) is 76.3 Å². The molecule has 1 atom stereocenters. The Labute approximate surface area is 185 Å². The molecule has 0 bridgehead atoms. The molecule has 0 fully saturated rings. The Kier molecular flexibility index (Phi) is 8.10. The standard InChI is InChI=1S/C23H23Cl2NO2S/c1-2-21(28-22-9-5-7-16-6-3-4-8-19(16)22)23(27)26-12-13-29-15-17-10-11-18(24)14-20(17)25/h3-11,14,21H,2,12-13,15H2,1H3,(H,26,27)/t21-/m0/s1. The Bertz CT molecular complexity index is 975. The van der Waals surface area contributed by atoms with E-state index in [9.17, 15) is 4.79 Å². The van der Waals surface area contributed by atoms with Gasteiger partial charge in [0.2, 0.25) is 0 Å². The summed E-state index contributed by atoms with van der Waals surface area (Å²) >= 11 is 13.8. The van der Waals surface area contributed by atoms with E-state index < -0.39 is 6.10 Å². The molecule has 0 unspecified atom stereocenters. The average molecular weight is 448 g/mol. The van der Waals surface area contributed by atoms with Gasteiger partial charge in [-0.05, 0) is 35.6 Å². The van der Waals surface area contributed by atoms with Crippen LogP contribution < -0.4 is 10.1 Å². The molecule has 29 heavy (non-hydrogen) atoms. The molecule has 0 saturated heterocycles. The van der Waals surface area contributed by atoms with Crippen LogP contribution in [-0.4, -0.2) is 24.3 Å². The van der Waals surface area contributed by atoms with Gasteiger partial charge in [-0.25, -0.2) is 0 Å². The van der Waals surface area contributed by atoms with Crippen LogP contribution in [0.4, 0.5) is 0 Å². The molecule has 0 aromatic heterocycles. The Morgan fingerprint density at radius 3 is 2.69 bits per heavy atom. The molecule has 0 aliphatic rings. The first-order valence-electron chi connectivity index (χ1n) is 9.52. The minimum atomic E-state index is -0.517. The van der Waals surface area contributed by atoms with E-state index in [2.05, 4.69) is 5.32 Å². The van der Waals surface area contributed by atoms with Gasteiger partial charge in [0.05, 0.1) is 0 Å². The summed E-state index contributed by atoms with van der Waals surface area (Å²) < 4.78 is 6.04. The number of hydrogen-bond acceptors (Lipinski definition) is 3. The third-order valence-electron chi connectivity index (χ3n) is 4.50. The summed E-state index contributed by atoms with van der Waals surface area (Å²) in [4.78, 5) is 12.6. The second-order valence-corrected chi connectivity index (χ2v) is 8.52. The minimum Gasteiger partial charge on any atom is -0.480 e. The topological polar surface area (TPSA) is 38.3 Å². The van der Waals surface area contributed by atoms with Crippen LogP contribution >= 0.6 is 35.0 Å². The number of amides is 1. The van der Waals surface area contributed by atoms with Crippen molar-refractivity contribution in [2.24, 2.45) is 0 Å². The van der Waals surface area contributed by atoms with E-state index in [1.807, 2.05) is 61.5 Å². The van der Waals surface area contributed by atoms with Crippen molar-refractivity contribution < 1.29 is 9.53 Å². The number of rotatable bonds is 9. The molecule has 0 spiro atoms. The predicted octanol–water partition coefficient (Wildman–Crippen LogP) is 6.35. The van der Waals surface area contributed by atoms with Crippen LogP contribution in [-0.2, 0) is 10.5 Å². The van der Waals surface area contributed by atoms with Crippen LogP contribution in [0, 0.1) is 0 Å². The van der Waals surface area contributed by atoms with Crippen molar-refractivity contribution in [3.63, 3.8) is 0 Å². The summed E-state index contributed by atoms with van der Waals surface area (Å²) in [5, 5.41) is 6.38. The Morgan fingerprint density at radius 2 is 1.90 bits per heavy atom. The molecule has 1 N–H and O–H groups in total. The Balaban J connectivity index is 1.48. The van der Waals surface area contributed by atoms with Crippen molar-refractivity contribution >= 4 is 51.6 Å². The molecule has 0 aliphatic heterocycles. The molecule has 0 aliphatic carbocycles. The third-order valence-corrected chi connectivity index (χ3v) is 6.10. The molecule has 0 heterocycles. The first-order valence-corrected chi connectivity index (χ1v) is 11.4. The molecule has 3 rings (SSSR count). The lowest BCUT2D eigenvalue weighted by atomic mass is 10.1. The van der Waals surface area contributed by atoms with Crippen molar-refractivity contribution in [1.29, 1.82) is 0 Å². The lowest BCUT2D eigenvalue weighted by molar-refractivity contribution is -0.127. The zero-order chi connectivity index (χ0) is 20.6. The van der Waals surface area contributed by atoms with Gasteiger partial charge in [-0.2, -0.15) is 11.8 Å². The van der Waals surface area contributed by atoms with E-state index in [4.69, 9.17) is 27.9 Å². The predicted molar refractivity (Wildman–Crippen MR) is 124 cm³/mol. The van der Waals surface area contributed by atoms with Gasteiger partial charge in [-0.1, -0.05) is 72.6 Å². The highest BCUT2D eigenvalue weighted by Gasteiger charge is 2.18. The summed E-state index contributed by atoms with van der Waals surface area (Å²) in [6.07, 6.45) is 0.0827. The fourth-order valence-corrected chi connectivity index (χ4v) is 4.37. The van der Waals surface area contributed by atoms with Gasteiger partial charge in [0.1, 0.15) is 5.75 Å². The van der Waals surface area contributed by atoms with Crippen LogP contribution in [0.15, 0.2) is 60.7 Å². The highest BCUT2D eigenvalue weighted by Crippen LogP contribution is 2.27. The minimum absolute atomic E-state index is 0.0921.